The van der Waals surface area contributed by atoms with E-state index in [1.807, 2.05) is 13.8 Å². The number of piperidine rings is 1. The Morgan fingerprint density at radius 1 is 1.52 bits per heavy atom. The zero-order chi connectivity index (χ0) is 15.2. The second-order valence-electron chi connectivity index (χ2n) is 5.71. The van der Waals surface area contributed by atoms with E-state index in [2.05, 4.69) is 32.7 Å². The van der Waals surface area contributed by atoms with Crippen LogP contribution in [0.25, 0.3) is 0 Å². The van der Waals surface area contributed by atoms with Crippen LogP contribution in [0, 0.1) is 0 Å². The van der Waals surface area contributed by atoms with Crippen molar-refractivity contribution in [2.75, 3.05) is 31.5 Å². The van der Waals surface area contributed by atoms with Crippen LogP contribution in [0.3, 0.4) is 0 Å². The fourth-order valence-corrected chi connectivity index (χ4v) is 2.51. The molecule has 7 heteroatoms. The number of nitrogens with one attached hydrogen (secondary N) is 2. The van der Waals surface area contributed by atoms with Gasteiger partial charge >= 0.3 is 6.01 Å². The number of aromatic nitrogens is 2. The molecule has 0 saturated carbocycles. The minimum Gasteiger partial charge on any atom is -0.408 e. The number of carbonyl (C=O) groups excluding carboxylic acids is 1. The number of hydrogen-bond donors (Lipinski definition) is 2. The summed E-state index contributed by atoms with van der Waals surface area (Å²) in [5.74, 6) is 0.583. The standard InChI is InChI=1S/C14H25N5O2/c1-4-19(11-6-5-7-15-8-11)9-12(20)16-14-18-17-13(21-14)10(2)3/h10-11,15H,4-9H2,1-3H3,(H,16,18,20). The monoisotopic (exact) mass is 295 g/mol. The first kappa shape index (κ1) is 15.9. The van der Waals surface area contributed by atoms with Gasteiger partial charge in [-0.3, -0.25) is 15.0 Å². The molecule has 7 nitrogen and oxygen atoms in total. The highest BCUT2D eigenvalue weighted by Crippen LogP contribution is 2.15. The van der Waals surface area contributed by atoms with Crippen molar-refractivity contribution in [3.05, 3.63) is 5.89 Å². The van der Waals surface area contributed by atoms with Crippen molar-refractivity contribution in [3.63, 3.8) is 0 Å². The van der Waals surface area contributed by atoms with Gasteiger partial charge in [-0.05, 0) is 25.9 Å². The Balaban J connectivity index is 1.86. The molecule has 1 unspecified atom stereocenters. The van der Waals surface area contributed by atoms with Crippen LogP contribution in [-0.2, 0) is 4.79 Å². The lowest BCUT2D eigenvalue weighted by atomic mass is 10.1. The van der Waals surface area contributed by atoms with Crippen LogP contribution >= 0.6 is 0 Å². The third kappa shape index (κ3) is 4.50. The summed E-state index contributed by atoms with van der Waals surface area (Å²) < 4.78 is 5.39. The minimum atomic E-state index is -0.110. The molecule has 1 saturated heterocycles. The van der Waals surface area contributed by atoms with Gasteiger partial charge in [-0.2, -0.15) is 0 Å². The highest BCUT2D eigenvalue weighted by molar-refractivity contribution is 5.90. The molecule has 2 heterocycles. The first-order valence-electron chi connectivity index (χ1n) is 7.68. The van der Waals surface area contributed by atoms with Gasteiger partial charge in [0.05, 0.1) is 6.54 Å². The summed E-state index contributed by atoms with van der Waals surface area (Å²) in [5, 5.41) is 13.8. The third-order valence-corrected chi connectivity index (χ3v) is 3.72. The number of amides is 1. The SMILES string of the molecule is CCN(CC(=O)Nc1nnc(C(C)C)o1)C1CCCNC1. The molecular weight excluding hydrogens is 270 g/mol. The molecule has 1 aliphatic rings. The number of nitrogens with zero attached hydrogens (tertiary/aromatic N) is 3. The molecule has 2 N–H and O–H groups in total. The molecule has 2 rings (SSSR count). The lowest BCUT2D eigenvalue weighted by Gasteiger charge is -2.33. The summed E-state index contributed by atoms with van der Waals surface area (Å²) in [4.78, 5) is 14.3. The second kappa shape index (κ2) is 7.51. The van der Waals surface area contributed by atoms with Crippen molar-refractivity contribution in [2.24, 2.45) is 0 Å². The fourth-order valence-electron chi connectivity index (χ4n) is 2.51. The number of hydrogen-bond acceptors (Lipinski definition) is 6. The average molecular weight is 295 g/mol. The highest BCUT2D eigenvalue weighted by atomic mass is 16.4. The van der Waals surface area contributed by atoms with Gasteiger partial charge in [0, 0.05) is 18.5 Å². The quantitative estimate of drug-likeness (QED) is 0.820. The summed E-state index contributed by atoms with van der Waals surface area (Å²) in [5.41, 5.74) is 0. The zero-order valence-electron chi connectivity index (χ0n) is 13.1. The highest BCUT2D eigenvalue weighted by Gasteiger charge is 2.22. The number of likely N-dealkylation sites (N-methyl/N-ethyl adjacent to an activating group) is 1. The van der Waals surface area contributed by atoms with E-state index in [4.69, 9.17) is 4.42 Å². The first-order valence-corrected chi connectivity index (χ1v) is 7.68. The molecule has 1 aliphatic heterocycles. The van der Waals surface area contributed by atoms with Gasteiger partial charge in [0.1, 0.15) is 0 Å². The maximum Gasteiger partial charge on any atom is 0.322 e. The molecule has 0 radical (unpaired) electrons. The largest absolute Gasteiger partial charge is 0.408 e. The van der Waals surface area contributed by atoms with Gasteiger partial charge in [-0.25, -0.2) is 0 Å². The molecule has 1 fully saturated rings. The van der Waals surface area contributed by atoms with Crippen molar-refractivity contribution in [1.82, 2.24) is 20.4 Å². The lowest BCUT2D eigenvalue weighted by molar-refractivity contribution is -0.118. The van der Waals surface area contributed by atoms with Gasteiger partial charge in [0.25, 0.3) is 0 Å². The van der Waals surface area contributed by atoms with Gasteiger partial charge in [-0.15, -0.1) is 5.10 Å². The van der Waals surface area contributed by atoms with Crippen molar-refractivity contribution in [3.8, 4) is 0 Å². The van der Waals surface area contributed by atoms with Crippen LogP contribution in [0.2, 0.25) is 0 Å². The Morgan fingerprint density at radius 3 is 2.90 bits per heavy atom. The molecule has 21 heavy (non-hydrogen) atoms. The molecule has 1 atom stereocenters. The molecule has 0 spiro atoms. The normalized spacial score (nSPS) is 19.2. The van der Waals surface area contributed by atoms with E-state index in [0.717, 1.165) is 32.5 Å². The van der Waals surface area contributed by atoms with E-state index in [0.29, 0.717) is 18.5 Å². The Bertz CT molecular complexity index is 454. The van der Waals surface area contributed by atoms with Crippen LogP contribution in [0.15, 0.2) is 4.42 Å². The Hall–Kier alpha value is -1.47. The van der Waals surface area contributed by atoms with E-state index in [1.165, 1.54) is 0 Å². The van der Waals surface area contributed by atoms with Crippen LogP contribution in [0.1, 0.15) is 45.4 Å². The molecule has 0 aromatic carbocycles. The number of anilines is 1. The smallest absolute Gasteiger partial charge is 0.322 e. The summed E-state index contributed by atoms with van der Waals surface area (Å²) in [6.45, 7) is 9.22. The minimum absolute atomic E-state index is 0.110. The first-order chi connectivity index (χ1) is 10.1. The van der Waals surface area contributed by atoms with Crippen LogP contribution in [0.4, 0.5) is 6.01 Å². The van der Waals surface area contributed by atoms with Gasteiger partial charge < -0.3 is 9.73 Å². The van der Waals surface area contributed by atoms with Crippen molar-refractivity contribution < 1.29 is 9.21 Å². The van der Waals surface area contributed by atoms with E-state index < -0.39 is 0 Å². The zero-order valence-corrected chi connectivity index (χ0v) is 13.1. The van der Waals surface area contributed by atoms with Crippen LogP contribution in [0.5, 0.6) is 0 Å². The van der Waals surface area contributed by atoms with E-state index in [-0.39, 0.29) is 17.8 Å². The Morgan fingerprint density at radius 2 is 2.33 bits per heavy atom. The average Bonchev–Trinajstić information content (AvgIpc) is 2.94. The Kier molecular flexibility index (Phi) is 5.69. The predicted octanol–water partition coefficient (Wildman–Crippen LogP) is 1.21. The maximum atomic E-state index is 12.1. The summed E-state index contributed by atoms with van der Waals surface area (Å²) >= 11 is 0. The maximum absolute atomic E-state index is 12.1. The van der Waals surface area contributed by atoms with Crippen molar-refractivity contribution >= 4 is 11.9 Å². The van der Waals surface area contributed by atoms with Crippen LogP contribution in [-0.4, -0.2) is 53.2 Å². The van der Waals surface area contributed by atoms with E-state index in [1.54, 1.807) is 0 Å². The van der Waals surface area contributed by atoms with Gasteiger partial charge in [-0.1, -0.05) is 25.9 Å². The van der Waals surface area contributed by atoms with Crippen LogP contribution < -0.4 is 10.6 Å². The molecule has 0 bridgehead atoms. The van der Waals surface area contributed by atoms with E-state index >= 15 is 0 Å². The van der Waals surface area contributed by atoms with Gasteiger partial charge in [0.15, 0.2) is 0 Å². The predicted molar refractivity (Wildman–Crippen MR) is 80.2 cm³/mol. The third-order valence-electron chi connectivity index (χ3n) is 3.72. The van der Waals surface area contributed by atoms with Crippen molar-refractivity contribution in [1.29, 1.82) is 0 Å². The number of carbonyl (C=O) groups is 1. The second-order valence-corrected chi connectivity index (χ2v) is 5.71. The molecule has 1 amide bonds. The molecule has 1 aromatic rings. The number of rotatable bonds is 6. The van der Waals surface area contributed by atoms with Gasteiger partial charge in [0.2, 0.25) is 11.8 Å². The summed E-state index contributed by atoms with van der Waals surface area (Å²) in [6, 6.07) is 0.602. The topological polar surface area (TPSA) is 83.3 Å². The molecule has 1 aromatic heterocycles. The molecule has 0 aliphatic carbocycles. The van der Waals surface area contributed by atoms with Crippen molar-refractivity contribution in [2.45, 2.75) is 45.6 Å². The molecule has 118 valence electrons. The lowest BCUT2D eigenvalue weighted by Crippen LogP contribution is -2.48. The summed E-state index contributed by atoms with van der Waals surface area (Å²) in [6.07, 6.45) is 2.29. The molecular formula is C14H25N5O2. The fraction of sp³-hybridized carbons (Fsp3) is 0.786. The summed E-state index contributed by atoms with van der Waals surface area (Å²) in [7, 11) is 0. The Labute approximate surface area is 125 Å². The van der Waals surface area contributed by atoms with E-state index in [9.17, 15) is 4.79 Å².